The van der Waals surface area contributed by atoms with Crippen LogP contribution in [0.1, 0.15) is 26.7 Å². The molecule has 2 nitrogen and oxygen atoms in total. The standard InChI is InChI=1S/C9H20N2/c1-3-11-6-4-5-8(2)9(11)7-10/h8-9H,3-7,10H2,1-2H3. The first-order chi connectivity index (χ1) is 5.29. The summed E-state index contributed by atoms with van der Waals surface area (Å²) in [4.78, 5) is 2.51. The first-order valence-electron chi connectivity index (χ1n) is 4.73. The minimum absolute atomic E-state index is 0.647. The van der Waals surface area contributed by atoms with Crippen LogP contribution in [0.25, 0.3) is 0 Å². The van der Waals surface area contributed by atoms with Crippen molar-refractivity contribution in [1.29, 1.82) is 0 Å². The van der Waals surface area contributed by atoms with Gasteiger partial charge >= 0.3 is 0 Å². The van der Waals surface area contributed by atoms with Crippen LogP contribution in [0, 0.1) is 5.92 Å². The number of hydrogen-bond donors (Lipinski definition) is 1. The number of rotatable bonds is 2. The predicted octanol–water partition coefficient (Wildman–Crippen LogP) is 1.07. The zero-order valence-electron chi connectivity index (χ0n) is 7.71. The summed E-state index contributed by atoms with van der Waals surface area (Å²) in [6.45, 7) is 7.78. The number of hydrogen-bond acceptors (Lipinski definition) is 2. The first kappa shape index (κ1) is 9.01. The number of likely N-dealkylation sites (tertiary alicyclic amines) is 1. The normalized spacial score (nSPS) is 34.1. The fourth-order valence-electron chi connectivity index (χ4n) is 2.11. The molecule has 0 aliphatic carbocycles. The average molecular weight is 156 g/mol. The van der Waals surface area contributed by atoms with Gasteiger partial charge in [-0.3, -0.25) is 4.90 Å². The lowest BCUT2D eigenvalue weighted by molar-refractivity contribution is 0.113. The Morgan fingerprint density at radius 1 is 1.55 bits per heavy atom. The largest absolute Gasteiger partial charge is 0.329 e. The molecule has 0 saturated carbocycles. The Balaban J connectivity index is 2.48. The van der Waals surface area contributed by atoms with Gasteiger partial charge in [-0.25, -0.2) is 0 Å². The van der Waals surface area contributed by atoms with Gasteiger partial charge in [-0.05, 0) is 31.8 Å². The molecule has 1 rings (SSSR count). The summed E-state index contributed by atoms with van der Waals surface area (Å²) >= 11 is 0. The van der Waals surface area contributed by atoms with Crippen molar-refractivity contribution in [2.75, 3.05) is 19.6 Å². The van der Waals surface area contributed by atoms with Gasteiger partial charge in [0.05, 0.1) is 0 Å². The van der Waals surface area contributed by atoms with Crippen molar-refractivity contribution in [3.8, 4) is 0 Å². The monoisotopic (exact) mass is 156 g/mol. The Kier molecular flexibility index (Phi) is 3.34. The van der Waals surface area contributed by atoms with Gasteiger partial charge in [0.1, 0.15) is 0 Å². The van der Waals surface area contributed by atoms with Crippen LogP contribution in [-0.4, -0.2) is 30.6 Å². The molecule has 11 heavy (non-hydrogen) atoms. The van der Waals surface area contributed by atoms with Gasteiger partial charge in [0.25, 0.3) is 0 Å². The molecule has 1 saturated heterocycles. The lowest BCUT2D eigenvalue weighted by Gasteiger charge is -2.38. The van der Waals surface area contributed by atoms with Crippen molar-refractivity contribution < 1.29 is 0 Å². The van der Waals surface area contributed by atoms with Crippen molar-refractivity contribution in [1.82, 2.24) is 4.90 Å². The zero-order chi connectivity index (χ0) is 8.27. The van der Waals surface area contributed by atoms with Crippen LogP contribution in [0.15, 0.2) is 0 Å². The third-order valence-corrected chi connectivity index (χ3v) is 2.88. The summed E-state index contributed by atoms with van der Waals surface area (Å²) in [5.41, 5.74) is 5.72. The molecule has 0 bridgehead atoms. The Bertz CT molecular complexity index is 114. The second kappa shape index (κ2) is 4.07. The molecule has 2 heteroatoms. The average Bonchev–Trinajstić information content (AvgIpc) is 2.04. The molecule has 0 aromatic carbocycles. The Hall–Kier alpha value is -0.0800. The summed E-state index contributed by atoms with van der Waals surface area (Å²) in [6, 6.07) is 0.647. The van der Waals surface area contributed by atoms with Crippen molar-refractivity contribution in [3.05, 3.63) is 0 Å². The summed E-state index contributed by atoms with van der Waals surface area (Å²) in [6.07, 6.45) is 2.71. The summed E-state index contributed by atoms with van der Waals surface area (Å²) in [7, 11) is 0. The van der Waals surface area contributed by atoms with Crippen LogP contribution in [0.3, 0.4) is 0 Å². The van der Waals surface area contributed by atoms with E-state index in [0.717, 1.165) is 19.0 Å². The van der Waals surface area contributed by atoms with Crippen molar-refractivity contribution in [2.45, 2.75) is 32.7 Å². The second-order valence-electron chi connectivity index (χ2n) is 3.55. The minimum atomic E-state index is 0.647. The van der Waals surface area contributed by atoms with E-state index >= 15 is 0 Å². The smallest absolute Gasteiger partial charge is 0.0243 e. The van der Waals surface area contributed by atoms with Crippen LogP contribution in [0.2, 0.25) is 0 Å². The van der Waals surface area contributed by atoms with Gasteiger partial charge in [-0.15, -0.1) is 0 Å². The molecule has 1 aliphatic heterocycles. The second-order valence-corrected chi connectivity index (χ2v) is 3.55. The predicted molar refractivity (Wildman–Crippen MR) is 48.5 cm³/mol. The molecule has 1 aliphatic rings. The van der Waals surface area contributed by atoms with E-state index in [0.29, 0.717) is 6.04 Å². The Morgan fingerprint density at radius 3 is 2.73 bits per heavy atom. The van der Waals surface area contributed by atoms with E-state index in [1.807, 2.05) is 0 Å². The van der Waals surface area contributed by atoms with Gasteiger partial charge in [0.15, 0.2) is 0 Å². The highest BCUT2D eigenvalue weighted by molar-refractivity contribution is 4.81. The van der Waals surface area contributed by atoms with Gasteiger partial charge in [-0.2, -0.15) is 0 Å². The molecule has 66 valence electrons. The lowest BCUT2D eigenvalue weighted by atomic mass is 9.91. The van der Waals surface area contributed by atoms with Crippen LogP contribution in [-0.2, 0) is 0 Å². The fraction of sp³-hybridized carbons (Fsp3) is 1.00. The van der Waals surface area contributed by atoms with E-state index < -0.39 is 0 Å². The Labute approximate surface area is 69.8 Å². The van der Waals surface area contributed by atoms with E-state index in [4.69, 9.17) is 5.73 Å². The number of nitrogens with zero attached hydrogens (tertiary/aromatic N) is 1. The molecule has 2 atom stereocenters. The molecule has 1 fully saturated rings. The van der Waals surface area contributed by atoms with Crippen molar-refractivity contribution in [3.63, 3.8) is 0 Å². The summed E-state index contributed by atoms with van der Waals surface area (Å²) in [5.74, 6) is 0.800. The molecular formula is C9H20N2. The van der Waals surface area contributed by atoms with Crippen LogP contribution in [0.4, 0.5) is 0 Å². The van der Waals surface area contributed by atoms with Crippen molar-refractivity contribution >= 4 is 0 Å². The van der Waals surface area contributed by atoms with Crippen LogP contribution >= 0.6 is 0 Å². The van der Waals surface area contributed by atoms with Crippen LogP contribution in [0.5, 0.6) is 0 Å². The highest BCUT2D eigenvalue weighted by atomic mass is 15.2. The molecule has 0 spiro atoms. The maximum Gasteiger partial charge on any atom is 0.0243 e. The third kappa shape index (κ3) is 1.94. The van der Waals surface area contributed by atoms with E-state index in [-0.39, 0.29) is 0 Å². The maximum absolute atomic E-state index is 5.72. The number of likely N-dealkylation sites (N-methyl/N-ethyl adjacent to an activating group) is 1. The van der Waals surface area contributed by atoms with Crippen LogP contribution < -0.4 is 5.73 Å². The summed E-state index contributed by atoms with van der Waals surface area (Å²) in [5, 5.41) is 0. The lowest BCUT2D eigenvalue weighted by Crippen LogP contribution is -2.48. The number of piperidine rings is 1. The van der Waals surface area contributed by atoms with E-state index in [9.17, 15) is 0 Å². The van der Waals surface area contributed by atoms with Gasteiger partial charge in [-0.1, -0.05) is 13.8 Å². The quantitative estimate of drug-likeness (QED) is 0.648. The molecule has 2 unspecified atom stereocenters. The van der Waals surface area contributed by atoms with Gasteiger partial charge in [0, 0.05) is 12.6 Å². The Morgan fingerprint density at radius 2 is 2.27 bits per heavy atom. The minimum Gasteiger partial charge on any atom is -0.329 e. The van der Waals surface area contributed by atoms with E-state index in [1.54, 1.807) is 0 Å². The molecule has 2 N–H and O–H groups in total. The van der Waals surface area contributed by atoms with Gasteiger partial charge in [0.2, 0.25) is 0 Å². The third-order valence-electron chi connectivity index (χ3n) is 2.88. The molecule has 0 amide bonds. The van der Waals surface area contributed by atoms with E-state index in [2.05, 4.69) is 18.7 Å². The maximum atomic E-state index is 5.72. The molecular weight excluding hydrogens is 136 g/mol. The fourth-order valence-corrected chi connectivity index (χ4v) is 2.11. The van der Waals surface area contributed by atoms with E-state index in [1.165, 1.54) is 19.4 Å². The molecule has 1 heterocycles. The van der Waals surface area contributed by atoms with Crippen molar-refractivity contribution in [2.24, 2.45) is 11.7 Å². The first-order valence-corrected chi connectivity index (χ1v) is 4.73. The highest BCUT2D eigenvalue weighted by Crippen LogP contribution is 2.21. The topological polar surface area (TPSA) is 29.3 Å². The SMILES string of the molecule is CCN1CCCC(C)C1CN. The summed E-state index contributed by atoms with van der Waals surface area (Å²) < 4.78 is 0. The zero-order valence-corrected chi connectivity index (χ0v) is 7.71. The highest BCUT2D eigenvalue weighted by Gasteiger charge is 2.25. The molecule has 0 aromatic heterocycles. The molecule has 0 aromatic rings. The number of nitrogens with two attached hydrogens (primary N) is 1. The van der Waals surface area contributed by atoms with Gasteiger partial charge < -0.3 is 5.73 Å². The molecule has 0 radical (unpaired) electrons.